The minimum absolute atomic E-state index is 0.247. The van der Waals surface area contributed by atoms with Crippen molar-refractivity contribution in [3.63, 3.8) is 0 Å². The number of halogens is 2. The molecule has 0 aliphatic rings. The zero-order valence-corrected chi connectivity index (χ0v) is 10.1. The van der Waals surface area contributed by atoms with E-state index in [0.29, 0.717) is 9.21 Å². The van der Waals surface area contributed by atoms with E-state index in [-0.39, 0.29) is 4.90 Å². The Kier molecular flexibility index (Phi) is 2.90. The van der Waals surface area contributed by atoms with Gasteiger partial charge in [-0.05, 0) is 44.0 Å². The number of hydrogen-bond acceptors (Lipinski definition) is 3. The molecule has 1 rings (SSSR count). The summed E-state index contributed by atoms with van der Waals surface area (Å²) >= 11 is 6.20. The second-order valence-corrected chi connectivity index (χ2v) is 5.86. The van der Waals surface area contributed by atoms with E-state index >= 15 is 0 Å². The summed E-state index contributed by atoms with van der Waals surface area (Å²) in [6.07, 6.45) is 1.15. The van der Waals surface area contributed by atoms with Gasteiger partial charge in [-0.2, -0.15) is 0 Å². The summed E-state index contributed by atoms with van der Waals surface area (Å²) in [5.74, 6) is 0. The first-order valence-electron chi connectivity index (χ1n) is 2.93. The van der Waals surface area contributed by atoms with E-state index in [1.54, 1.807) is 0 Å². The summed E-state index contributed by atoms with van der Waals surface area (Å²) in [7, 11) is -3.15. The molecule has 0 radical (unpaired) electrons. The monoisotopic (exact) mass is 313 g/mol. The van der Waals surface area contributed by atoms with E-state index in [0.717, 1.165) is 6.26 Å². The van der Waals surface area contributed by atoms with E-state index in [9.17, 15) is 8.42 Å². The van der Waals surface area contributed by atoms with Crippen LogP contribution in [-0.4, -0.2) is 19.7 Å². The van der Waals surface area contributed by atoms with Crippen LogP contribution in [0.4, 0.5) is 0 Å². The van der Waals surface area contributed by atoms with E-state index in [2.05, 4.69) is 36.8 Å². The van der Waals surface area contributed by atoms with Crippen LogP contribution < -0.4 is 0 Å². The highest BCUT2D eigenvalue weighted by Crippen LogP contribution is 2.19. The molecule has 0 spiro atoms. The molecular weight excluding hydrogens is 310 g/mol. The Labute approximate surface area is 87.4 Å². The van der Waals surface area contributed by atoms with Gasteiger partial charge >= 0.3 is 0 Å². The molecule has 0 unspecified atom stereocenters. The Morgan fingerprint density at radius 3 is 2.00 bits per heavy atom. The highest BCUT2D eigenvalue weighted by Gasteiger charge is 2.08. The third-order valence-corrected chi connectivity index (χ3v) is 3.07. The van der Waals surface area contributed by atoms with Gasteiger partial charge in [-0.15, -0.1) is 0 Å². The van der Waals surface area contributed by atoms with Crippen LogP contribution in [0.2, 0.25) is 0 Å². The molecule has 12 heavy (non-hydrogen) atoms. The van der Waals surface area contributed by atoms with Gasteiger partial charge in [0, 0.05) is 6.26 Å². The van der Waals surface area contributed by atoms with E-state index in [1.165, 1.54) is 12.1 Å². The standard InChI is InChI=1S/C6H5Br2NO2S/c1-12(10,11)4-2-5(7)9-6(8)3-4/h2-3H,1H3. The van der Waals surface area contributed by atoms with Crippen molar-refractivity contribution in [2.75, 3.05) is 6.26 Å². The predicted molar refractivity (Wildman–Crippen MR) is 52.7 cm³/mol. The van der Waals surface area contributed by atoms with Crippen LogP contribution in [-0.2, 0) is 9.84 Å². The normalized spacial score (nSPS) is 11.6. The fraction of sp³-hybridized carbons (Fsp3) is 0.167. The fourth-order valence-corrected chi connectivity index (χ4v) is 2.72. The molecule has 0 aromatic carbocycles. The van der Waals surface area contributed by atoms with Gasteiger partial charge in [0.2, 0.25) is 0 Å². The topological polar surface area (TPSA) is 47.0 Å². The van der Waals surface area contributed by atoms with Crippen molar-refractivity contribution in [1.82, 2.24) is 4.98 Å². The van der Waals surface area contributed by atoms with Gasteiger partial charge in [0.1, 0.15) is 9.21 Å². The second-order valence-electron chi connectivity index (χ2n) is 2.22. The third kappa shape index (κ3) is 2.53. The zero-order valence-electron chi connectivity index (χ0n) is 6.08. The molecule has 1 heterocycles. The molecule has 0 saturated heterocycles. The number of sulfone groups is 1. The molecular formula is C6H5Br2NO2S. The molecule has 1 aromatic heterocycles. The number of nitrogens with zero attached hydrogens (tertiary/aromatic N) is 1. The molecule has 0 aliphatic heterocycles. The van der Waals surface area contributed by atoms with Crippen LogP contribution in [0.15, 0.2) is 26.2 Å². The number of hydrogen-bond donors (Lipinski definition) is 0. The minimum Gasteiger partial charge on any atom is -0.234 e. The van der Waals surface area contributed by atoms with Crippen LogP contribution in [0.5, 0.6) is 0 Å². The van der Waals surface area contributed by atoms with Crippen molar-refractivity contribution in [2.24, 2.45) is 0 Å². The lowest BCUT2D eigenvalue weighted by Gasteiger charge is -1.98. The quantitative estimate of drug-likeness (QED) is 0.745. The van der Waals surface area contributed by atoms with Crippen molar-refractivity contribution >= 4 is 41.7 Å². The number of rotatable bonds is 1. The average Bonchev–Trinajstić information content (AvgIpc) is 1.82. The molecule has 1 aromatic rings. The summed E-state index contributed by atoms with van der Waals surface area (Å²) in [6.45, 7) is 0. The Morgan fingerprint density at radius 2 is 1.67 bits per heavy atom. The van der Waals surface area contributed by atoms with Gasteiger partial charge in [-0.1, -0.05) is 0 Å². The molecule has 0 aliphatic carbocycles. The lowest BCUT2D eigenvalue weighted by molar-refractivity contribution is 0.601. The van der Waals surface area contributed by atoms with Crippen LogP contribution in [0.25, 0.3) is 0 Å². The van der Waals surface area contributed by atoms with Crippen molar-refractivity contribution < 1.29 is 8.42 Å². The highest BCUT2D eigenvalue weighted by atomic mass is 79.9. The average molecular weight is 315 g/mol. The molecule has 6 heteroatoms. The molecule has 66 valence electrons. The molecule has 3 nitrogen and oxygen atoms in total. The van der Waals surface area contributed by atoms with E-state index in [4.69, 9.17) is 0 Å². The summed E-state index contributed by atoms with van der Waals surface area (Å²) in [6, 6.07) is 2.92. The van der Waals surface area contributed by atoms with Crippen molar-refractivity contribution in [3.05, 3.63) is 21.3 Å². The first-order valence-corrected chi connectivity index (χ1v) is 6.40. The fourth-order valence-electron chi connectivity index (χ4n) is 0.657. The molecule has 0 saturated carbocycles. The summed E-state index contributed by atoms with van der Waals surface area (Å²) in [4.78, 5) is 4.16. The van der Waals surface area contributed by atoms with Gasteiger partial charge in [-0.25, -0.2) is 13.4 Å². The molecule has 0 N–H and O–H groups in total. The molecule has 0 bridgehead atoms. The van der Waals surface area contributed by atoms with Crippen LogP contribution in [0, 0.1) is 0 Å². The third-order valence-electron chi connectivity index (χ3n) is 1.16. The Bertz CT molecular complexity index is 382. The summed E-state index contributed by atoms with van der Waals surface area (Å²) < 4.78 is 23.1. The summed E-state index contributed by atoms with van der Waals surface area (Å²) in [5.41, 5.74) is 0. The van der Waals surface area contributed by atoms with E-state index in [1.807, 2.05) is 0 Å². The van der Waals surface area contributed by atoms with Crippen molar-refractivity contribution in [3.8, 4) is 0 Å². The smallest absolute Gasteiger partial charge is 0.175 e. The zero-order chi connectivity index (χ0) is 9.35. The van der Waals surface area contributed by atoms with Crippen molar-refractivity contribution in [2.45, 2.75) is 4.90 Å². The van der Waals surface area contributed by atoms with Gasteiger partial charge in [0.15, 0.2) is 9.84 Å². The Hall–Kier alpha value is 0.0600. The SMILES string of the molecule is CS(=O)(=O)c1cc(Br)nc(Br)c1. The van der Waals surface area contributed by atoms with Gasteiger partial charge in [0.25, 0.3) is 0 Å². The van der Waals surface area contributed by atoms with Crippen LogP contribution >= 0.6 is 31.9 Å². The maximum absolute atomic E-state index is 11.1. The first kappa shape index (κ1) is 10.1. The number of aromatic nitrogens is 1. The minimum atomic E-state index is -3.15. The molecule has 0 fully saturated rings. The lowest BCUT2D eigenvalue weighted by Crippen LogP contribution is -1.97. The maximum Gasteiger partial charge on any atom is 0.175 e. The van der Waals surface area contributed by atoms with Gasteiger partial charge in [0.05, 0.1) is 4.90 Å². The molecule has 0 atom stereocenters. The Morgan fingerprint density at radius 1 is 1.25 bits per heavy atom. The van der Waals surface area contributed by atoms with Gasteiger partial charge in [-0.3, -0.25) is 0 Å². The van der Waals surface area contributed by atoms with Crippen LogP contribution in [0.3, 0.4) is 0 Å². The highest BCUT2D eigenvalue weighted by molar-refractivity contribution is 9.11. The van der Waals surface area contributed by atoms with Crippen LogP contribution in [0.1, 0.15) is 0 Å². The van der Waals surface area contributed by atoms with E-state index < -0.39 is 9.84 Å². The lowest BCUT2D eigenvalue weighted by atomic mass is 10.5. The predicted octanol–water partition coefficient (Wildman–Crippen LogP) is 2.01. The molecule has 0 amide bonds. The first-order chi connectivity index (χ1) is 5.39. The second kappa shape index (κ2) is 3.43. The van der Waals surface area contributed by atoms with Gasteiger partial charge < -0.3 is 0 Å². The number of pyridine rings is 1. The van der Waals surface area contributed by atoms with Crippen molar-refractivity contribution in [1.29, 1.82) is 0 Å². The largest absolute Gasteiger partial charge is 0.234 e. The summed E-state index contributed by atoms with van der Waals surface area (Å²) in [5, 5.41) is 0. The maximum atomic E-state index is 11.1. The Balaban J connectivity index is 3.37.